The van der Waals surface area contributed by atoms with Crippen LogP contribution in [0.5, 0.6) is 0 Å². The Bertz CT molecular complexity index is 128. The largest absolute Gasteiger partial charge is 0.382 e. The van der Waals surface area contributed by atoms with Crippen molar-refractivity contribution in [3.63, 3.8) is 0 Å². The summed E-state index contributed by atoms with van der Waals surface area (Å²) in [4.78, 5) is 2.35. The summed E-state index contributed by atoms with van der Waals surface area (Å²) in [6.45, 7) is 5.53. The number of alkyl halides is 1. The maximum absolute atomic E-state index is 5.71. The maximum atomic E-state index is 5.71. The molecule has 0 N–H and O–H groups in total. The summed E-state index contributed by atoms with van der Waals surface area (Å²) >= 11 is 5.71. The highest BCUT2D eigenvalue weighted by molar-refractivity contribution is 6.18. The Morgan fingerprint density at radius 3 is 3.00 bits per heavy atom. The van der Waals surface area contributed by atoms with E-state index in [0.717, 1.165) is 19.7 Å². The molecule has 0 aliphatic carbocycles. The zero-order valence-electron chi connectivity index (χ0n) is 8.33. The number of hydrogen-bond acceptors (Lipinski definition) is 3. The fourth-order valence-corrected chi connectivity index (χ4v) is 1.89. The molecule has 78 valence electrons. The molecule has 3 nitrogen and oxygen atoms in total. The summed E-state index contributed by atoms with van der Waals surface area (Å²) in [5.41, 5.74) is 0. The number of ether oxygens (including phenoxy) is 2. The second kappa shape index (κ2) is 5.81. The van der Waals surface area contributed by atoms with E-state index in [1.54, 1.807) is 7.11 Å². The summed E-state index contributed by atoms with van der Waals surface area (Å²) in [5, 5.41) is 0. The average molecular weight is 208 g/mol. The zero-order valence-corrected chi connectivity index (χ0v) is 9.09. The van der Waals surface area contributed by atoms with Crippen LogP contribution in [0.2, 0.25) is 0 Å². The molecule has 0 aromatic heterocycles. The van der Waals surface area contributed by atoms with Crippen LogP contribution >= 0.6 is 11.6 Å². The quantitative estimate of drug-likeness (QED) is 0.642. The molecule has 1 aliphatic rings. The Kier molecular flexibility index (Phi) is 5.02. The molecule has 4 heteroatoms. The van der Waals surface area contributed by atoms with Gasteiger partial charge in [-0.15, -0.1) is 11.6 Å². The molecule has 0 amide bonds. The van der Waals surface area contributed by atoms with Crippen molar-refractivity contribution in [3.05, 3.63) is 0 Å². The monoisotopic (exact) mass is 207 g/mol. The second-order valence-electron chi connectivity index (χ2n) is 3.33. The lowest BCUT2D eigenvalue weighted by atomic mass is 10.1. The molecule has 2 atom stereocenters. The highest BCUT2D eigenvalue weighted by Gasteiger charge is 2.27. The average Bonchev–Trinajstić information content (AvgIpc) is 2.13. The van der Waals surface area contributed by atoms with Crippen molar-refractivity contribution in [3.8, 4) is 0 Å². The Morgan fingerprint density at radius 2 is 2.38 bits per heavy atom. The van der Waals surface area contributed by atoms with Crippen LogP contribution in [0.15, 0.2) is 0 Å². The van der Waals surface area contributed by atoms with Gasteiger partial charge in [0.1, 0.15) is 0 Å². The van der Waals surface area contributed by atoms with Crippen LogP contribution < -0.4 is 0 Å². The van der Waals surface area contributed by atoms with Gasteiger partial charge in [0.25, 0.3) is 0 Å². The third-order valence-electron chi connectivity index (χ3n) is 2.53. The molecule has 1 saturated heterocycles. The van der Waals surface area contributed by atoms with Crippen LogP contribution in [0.3, 0.4) is 0 Å². The molecule has 0 saturated carbocycles. The topological polar surface area (TPSA) is 21.7 Å². The molecule has 1 heterocycles. The van der Waals surface area contributed by atoms with Crippen LogP contribution in [0, 0.1) is 0 Å². The lowest BCUT2D eigenvalue weighted by molar-refractivity contribution is -0.0904. The van der Waals surface area contributed by atoms with Crippen LogP contribution in [0.4, 0.5) is 0 Å². The zero-order chi connectivity index (χ0) is 9.68. The smallest absolute Gasteiger partial charge is 0.0960 e. The van der Waals surface area contributed by atoms with Crippen LogP contribution in [0.1, 0.15) is 6.92 Å². The van der Waals surface area contributed by atoms with E-state index in [0.29, 0.717) is 18.5 Å². The van der Waals surface area contributed by atoms with Crippen LogP contribution in [0.25, 0.3) is 0 Å². The van der Waals surface area contributed by atoms with E-state index in [4.69, 9.17) is 21.1 Å². The van der Waals surface area contributed by atoms with Gasteiger partial charge in [0.2, 0.25) is 0 Å². The number of nitrogens with zero attached hydrogens (tertiary/aromatic N) is 1. The highest BCUT2D eigenvalue weighted by atomic mass is 35.5. The minimum atomic E-state index is 0.196. The highest BCUT2D eigenvalue weighted by Crippen LogP contribution is 2.13. The molecule has 1 fully saturated rings. The van der Waals surface area contributed by atoms with E-state index in [1.807, 2.05) is 0 Å². The van der Waals surface area contributed by atoms with Gasteiger partial charge >= 0.3 is 0 Å². The van der Waals surface area contributed by atoms with Crippen LogP contribution in [-0.4, -0.2) is 56.3 Å². The van der Waals surface area contributed by atoms with Gasteiger partial charge in [-0.3, -0.25) is 4.90 Å². The molecule has 0 aromatic rings. The van der Waals surface area contributed by atoms with Gasteiger partial charge in [-0.1, -0.05) is 0 Å². The molecular formula is C9H18ClNO2. The van der Waals surface area contributed by atoms with Gasteiger partial charge in [-0.05, 0) is 6.92 Å². The van der Waals surface area contributed by atoms with Gasteiger partial charge in [0.05, 0.1) is 19.3 Å². The first-order valence-electron chi connectivity index (χ1n) is 4.70. The van der Waals surface area contributed by atoms with E-state index in [2.05, 4.69) is 11.8 Å². The third kappa shape index (κ3) is 3.09. The summed E-state index contributed by atoms with van der Waals surface area (Å²) in [6.07, 6.45) is 0.196. The van der Waals surface area contributed by atoms with Crippen LogP contribution in [-0.2, 0) is 9.47 Å². The lowest BCUT2D eigenvalue weighted by Crippen LogP contribution is -2.51. The van der Waals surface area contributed by atoms with Crippen molar-refractivity contribution in [2.75, 3.05) is 39.3 Å². The van der Waals surface area contributed by atoms with E-state index in [9.17, 15) is 0 Å². The Balaban J connectivity index is 2.40. The van der Waals surface area contributed by atoms with E-state index in [-0.39, 0.29) is 6.10 Å². The van der Waals surface area contributed by atoms with Crippen molar-refractivity contribution in [1.82, 2.24) is 4.90 Å². The summed E-state index contributed by atoms with van der Waals surface area (Å²) < 4.78 is 10.7. The normalized spacial score (nSPS) is 30.7. The van der Waals surface area contributed by atoms with Crippen molar-refractivity contribution in [2.45, 2.75) is 19.1 Å². The van der Waals surface area contributed by atoms with E-state index < -0.39 is 0 Å². The number of halogens is 1. The first-order valence-corrected chi connectivity index (χ1v) is 5.23. The summed E-state index contributed by atoms with van der Waals surface area (Å²) in [6, 6.07) is 0.410. The Morgan fingerprint density at radius 1 is 1.62 bits per heavy atom. The predicted octanol–water partition coefficient (Wildman–Crippen LogP) is 0.961. The number of morpholine rings is 1. The van der Waals surface area contributed by atoms with E-state index in [1.165, 1.54) is 0 Å². The standard InChI is InChI=1S/C9H18ClNO2/c1-8-9(7-12-2)13-6-5-11(8)4-3-10/h8-9H,3-7H2,1-2H3/t8?,9-/m1/s1. The molecule has 1 unspecified atom stereocenters. The minimum Gasteiger partial charge on any atom is -0.382 e. The maximum Gasteiger partial charge on any atom is 0.0960 e. The van der Waals surface area contributed by atoms with Gasteiger partial charge in [-0.25, -0.2) is 0 Å². The van der Waals surface area contributed by atoms with E-state index >= 15 is 0 Å². The van der Waals surface area contributed by atoms with Gasteiger partial charge < -0.3 is 9.47 Å². The van der Waals surface area contributed by atoms with Crippen molar-refractivity contribution in [1.29, 1.82) is 0 Å². The second-order valence-corrected chi connectivity index (χ2v) is 3.71. The Labute approximate surface area is 84.9 Å². The SMILES string of the molecule is COC[C@H]1OCCN(CCCl)C1C. The first kappa shape index (κ1) is 11.2. The first-order chi connectivity index (χ1) is 6.29. The van der Waals surface area contributed by atoms with Crippen molar-refractivity contribution < 1.29 is 9.47 Å². The fourth-order valence-electron chi connectivity index (χ4n) is 1.67. The van der Waals surface area contributed by atoms with Crippen molar-refractivity contribution >= 4 is 11.6 Å². The Hall–Kier alpha value is 0.170. The minimum absolute atomic E-state index is 0.196. The van der Waals surface area contributed by atoms with Gasteiger partial charge in [0.15, 0.2) is 0 Å². The number of rotatable bonds is 4. The van der Waals surface area contributed by atoms with Crippen molar-refractivity contribution in [2.24, 2.45) is 0 Å². The molecule has 0 radical (unpaired) electrons. The molecule has 13 heavy (non-hydrogen) atoms. The molecule has 1 aliphatic heterocycles. The summed E-state index contributed by atoms with van der Waals surface area (Å²) in [7, 11) is 1.70. The molecule has 0 aromatic carbocycles. The predicted molar refractivity (Wildman–Crippen MR) is 53.4 cm³/mol. The third-order valence-corrected chi connectivity index (χ3v) is 2.70. The van der Waals surface area contributed by atoms with Gasteiger partial charge in [-0.2, -0.15) is 0 Å². The number of hydrogen-bond donors (Lipinski definition) is 0. The molecular weight excluding hydrogens is 190 g/mol. The van der Waals surface area contributed by atoms with Gasteiger partial charge in [0, 0.05) is 32.1 Å². The molecule has 0 bridgehead atoms. The molecule has 1 rings (SSSR count). The fraction of sp³-hybridized carbons (Fsp3) is 1.00. The lowest BCUT2D eigenvalue weighted by Gasteiger charge is -2.38. The summed E-state index contributed by atoms with van der Waals surface area (Å²) in [5.74, 6) is 0.685. The molecule has 0 spiro atoms. The number of methoxy groups -OCH3 is 1.